The summed E-state index contributed by atoms with van der Waals surface area (Å²) in [5, 5.41) is 0. The topological polar surface area (TPSA) is 39.0 Å². The average molecular weight is 402 g/mol. The van der Waals surface area contributed by atoms with Crippen molar-refractivity contribution in [2.24, 2.45) is 0 Å². The third-order valence-electron chi connectivity index (χ3n) is 5.24. The van der Waals surface area contributed by atoms with Gasteiger partial charge in [0.05, 0.1) is 25.6 Å². The molecule has 4 rings (SSSR count). The number of rotatable bonds is 7. The van der Waals surface area contributed by atoms with E-state index in [1.165, 1.54) is 11.1 Å². The number of fused-ring (bicyclic) bond motifs is 1. The van der Waals surface area contributed by atoms with Crippen LogP contribution in [-0.2, 0) is 13.1 Å². The lowest BCUT2D eigenvalue weighted by atomic mass is 10.1. The summed E-state index contributed by atoms with van der Waals surface area (Å²) in [6, 6.07) is 20.6. The second-order valence-corrected chi connectivity index (χ2v) is 7.57. The third-order valence-corrected chi connectivity index (χ3v) is 5.24. The zero-order chi connectivity index (χ0) is 21.1. The minimum atomic E-state index is 0.701. The van der Waals surface area contributed by atoms with Gasteiger partial charge in [-0.05, 0) is 49.4 Å². The zero-order valence-electron chi connectivity index (χ0n) is 17.9. The molecule has 2 aromatic carbocycles. The standard InChI is InChI=1S/C25H27N3O2/c1-18-10-13-24-26-25(20-11-12-22(29-3)23(14-20)30-4)21(28(24)15-18)17-27(2)16-19-8-6-5-7-9-19/h5-15H,16-17H2,1-4H3. The number of hydrogen-bond acceptors (Lipinski definition) is 4. The molecule has 4 aromatic rings. The van der Waals surface area contributed by atoms with Crippen LogP contribution >= 0.6 is 0 Å². The molecule has 0 amide bonds. The molecule has 0 aliphatic rings. The van der Waals surface area contributed by atoms with Gasteiger partial charge in [0.2, 0.25) is 0 Å². The Bertz CT molecular complexity index is 1150. The van der Waals surface area contributed by atoms with Crippen molar-refractivity contribution in [3.8, 4) is 22.8 Å². The van der Waals surface area contributed by atoms with Gasteiger partial charge in [-0.3, -0.25) is 4.90 Å². The number of aromatic nitrogens is 2. The number of pyridine rings is 1. The van der Waals surface area contributed by atoms with Crippen molar-refractivity contribution in [3.05, 3.63) is 83.7 Å². The molecular formula is C25H27N3O2. The molecule has 0 saturated heterocycles. The minimum absolute atomic E-state index is 0.701. The molecule has 2 heterocycles. The predicted octanol–water partition coefficient (Wildman–Crippen LogP) is 4.96. The summed E-state index contributed by atoms with van der Waals surface area (Å²) in [7, 11) is 5.44. The lowest BCUT2D eigenvalue weighted by Gasteiger charge is -2.18. The molecule has 0 unspecified atom stereocenters. The highest BCUT2D eigenvalue weighted by Crippen LogP contribution is 2.34. The molecule has 0 bridgehead atoms. The predicted molar refractivity (Wildman–Crippen MR) is 120 cm³/mol. The SMILES string of the molecule is COc1ccc(-c2nc3ccc(C)cn3c2CN(C)Cc2ccccc2)cc1OC. The molecule has 0 aliphatic heterocycles. The molecule has 0 saturated carbocycles. The van der Waals surface area contributed by atoms with Gasteiger partial charge in [0.25, 0.3) is 0 Å². The number of methoxy groups -OCH3 is 2. The van der Waals surface area contributed by atoms with E-state index in [1.54, 1.807) is 14.2 Å². The van der Waals surface area contributed by atoms with E-state index in [1.807, 2.05) is 24.3 Å². The van der Waals surface area contributed by atoms with E-state index in [0.29, 0.717) is 11.5 Å². The minimum Gasteiger partial charge on any atom is -0.493 e. The smallest absolute Gasteiger partial charge is 0.161 e. The van der Waals surface area contributed by atoms with E-state index >= 15 is 0 Å². The van der Waals surface area contributed by atoms with Crippen molar-refractivity contribution in [1.29, 1.82) is 0 Å². The van der Waals surface area contributed by atoms with Crippen LogP contribution in [0.25, 0.3) is 16.9 Å². The van der Waals surface area contributed by atoms with Gasteiger partial charge in [0.15, 0.2) is 11.5 Å². The maximum atomic E-state index is 5.52. The van der Waals surface area contributed by atoms with E-state index in [2.05, 4.69) is 65.9 Å². The van der Waals surface area contributed by atoms with Gasteiger partial charge in [-0.2, -0.15) is 0 Å². The van der Waals surface area contributed by atoms with E-state index in [-0.39, 0.29) is 0 Å². The molecule has 0 N–H and O–H groups in total. The molecule has 0 atom stereocenters. The van der Waals surface area contributed by atoms with Gasteiger partial charge < -0.3 is 13.9 Å². The third kappa shape index (κ3) is 4.02. The summed E-state index contributed by atoms with van der Waals surface area (Å²) in [5.41, 5.74) is 6.55. The van der Waals surface area contributed by atoms with E-state index in [0.717, 1.165) is 35.7 Å². The summed E-state index contributed by atoms with van der Waals surface area (Å²) in [4.78, 5) is 7.27. The van der Waals surface area contributed by atoms with E-state index in [4.69, 9.17) is 14.5 Å². The Kier molecular flexibility index (Phi) is 5.72. The fourth-order valence-electron chi connectivity index (χ4n) is 3.77. The van der Waals surface area contributed by atoms with Crippen LogP contribution in [-0.4, -0.2) is 35.6 Å². The molecule has 0 spiro atoms. The number of imidazole rings is 1. The highest BCUT2D eigenvalue weighted by atomic mass is 16.5. The first-order valence-electron chi connectivity index (χ1n) is 10.0. The lowest BCUT2D eigenvalue weighted by Crippen LogP contribution is -2.18. The highest BCUT2D eigenvalue weighted by molar-refractivity contribution is 5.69. The van der Waals surface area contributed by atoms with Crippen molar-refractivity contribution in [2.45, 2.75) is 20.0 Å². The molecular weight excluding hydrogens is 374 g/mol. The summed E-state index contributed by atoms with van der Waals surface area (Å²) in [6.07, 6.45) is 2.15. The Morgan fingerprint density at radius 3 is 2.40 bits per heavy atom. The van der Waals surface area contributed by atoms with Crippen LogP contribution < -0.4 is 9.47 Å². The first-order chi connectivity index (χ1) is 14.6. The van der Waals surface area contributed by atoms with Gasteiger partial charge >= 0.3 is 0 Å². The number of nitrogens with zero attached hydrogens (tertiary/aromatic N) is 3. The zero-order valence-corrected chi connectivity index (χ0v) is 17.9. The molecule has 5 nitrogen and oxygen atoms in total. The van der Waals surface area contributed by atoms with Gasteiger partial charge in [0.1, 0.15) is 5.65 Å². The van der Waals surface area contributed by atoms with Crippen molar-refractivity contribution >= 4 is 5.65 Å². The van der Waals surface area contributed by atoms with Crippen LogP contribution in [0.3, 0.4) is 0 Å². The van der Waals surface area contributed by atoms with Crippen LogP contribution in [0.1, 0.15) is 16.8 Å². The first kappa shape index (κ1) is 20.0. The molecule has 5 heteroatoms. The normalized spacial score (nSPS) is 11.2. The Hall–Kier alpha value is -3.31. The summed E-state index contributed by atoms with van der Waals surface area (Å²) >= 11 is 0. The Balaban J connectivity index is 1.76. The number of benzene rings is 2. The van der Waals surface area contributed by atoms with E-state index < -0.39 is 0 Å². The molecule has 0 aliphatic carbocycles. The fourth-order valence-corrected chi connectivity index (χ4v) is 3.77. The van der Waals surface area contributed by atoms with Crippen LogP contribution in [0.5, 0.6) is 11.5 Å². The van der Waals surface area contributed by atoms with Crippen LogP contribution in [0.4, 0.5) is 0 Å². The van der Waals surface area contributed by atoms with Gasteiger partial charge in [-0.1, -0.05) is 36.4 Å². The number of ether oxygens (including phenoxy) is 2. The first-order valence-corrected chi connectivity index (χ1v) is 10.0. The van der Waals surface area contributed by atoms with Crippen LogP contribution in [0.15, 0.2) is 66.9 Å². The molecule has 0 radical (unpaired) electrons. The molecule has 154 valence electrons. The maximum absolute atomic E-state index is 5.52. The summed E-state index contributed by atoms with van der Waals surface area (Å²) < 4.78 is 13.1. The Morgan fingerprint density at radius 2 is 1.67 bits per heavy atom. The average Bonchev–Trinajstić information content (AvgIpc) is 3.11. The second-order valence-electron chi connectivity index (χ2n) is 7.57. The molecule has 0 fully saturated rings. The Labute approximate surface area is 177 Å². The fraction of sp³-hybridized carbons (Fsp3) is 0.240. The second kappa shape index (κ2) is 8.59. The van der Waals surface area contributed by atoms with Gasteiger partial charge in [0, 0.05) is 24.8 Å². The van der Waals surface area contributed by atoms with Crippen molar-refractivity contribution in [1.82, 2.24) is 14.3 Å². The monoisotopic (exact) mass is 401 g/mol. The van der Waals surface area contributed by atoms with Crippen molar-refractivity contribution in [2.75, 3.05) is 21.3 Å². The summed E-state index contributed by atoms with van der Waals surface area (Å²) in [5.74, 6) is 1.41. The lowest BCUT2D eigenvalue weighted by molar-refractivity contribution is 0.314. The van der Waals surface area contributed by atoms with Crippen molar-refractivity contribution < 1.29 is 9.47 Å². The molecule has 30 heavy (non-hydrogen) atoms. The van der Waals surface area contributed by atoms with Crippen LogP contribution in [0.2, 0.25) is 0 Å². The quantitative estimate of drug-likeness (QED) is 0.439. The van der Waals surface area contributed by atoms with Gasteiger partial charge in [-0.15, -0.1) is 0 Å². The highest BCUT2D eigenvalue weighted by Gasteiger charge is 2.18. The van der Waals surface area contributed by atoms with Crippen LogP contribution in [0, 0.1) is 6.92 Å². The van der Waals surface area contributed by atoms with E-state index in [9.17, 15) is 0 Å². The van der Waals surface area contributed by atoms with Gasteiger partial charge in [-0.25, -0.2) is 4.98 Å². The largest absolute Gasteiger partial charge is 0.493 e. The maximum Gasteiger partial charge on any atom is 0.161 e. The number of aryl methyl sites for hydroxylation is 1. The summed E-state index contributed by atoms with van der Waals surface area (Å²) in [6.45, 7) is 3.74. The van der Waals surface area contributed by atoms with Crippen molar-refractivity contribution in [3.63, 3.8) is 0 Å². The Morgan fingerprint density at radius 1 is 0.900 bits per heavy atom. The molecule has 2 aromatic heterocycles. The number of hydrogen-bond donors (Lipinski definition) is 0.